The Morgan fingerprint density at radius 1 is 1.32 bits per heavy atom. The van der Waals surface area contributed by atoms with Crippen molar-refractivity contribution in [2.75, 3.05) is 6.54 Å². The fourth-order valence-electron chi connectivity index (χ4n) is 3.04. The van der Waals surface area contributed by atoms with Crippen LogP contribution in [0.25, 0.3) is 10.9 Å². The molecule has 0 aliphatic rings. The van der Waals surface area contributed by atoms with Crippen LogP contribution < -0.4 is 5.56 Å². The van der Waals surface area contributed by atoms with Gasteiger partial charge in [0.2, 0.25) is 5.91 Å². The van der Waals surface area contributed by atoms with Crippen LogP contribution in [0.3, 0.4) is 0 Å². The lowest BCUT2D eigenvalue weighted by atomic mass is 10.1. The molecule has 0 bridgehead atoms. The summed E-state index contributed by atoms with van der Waals surface area (Å²) in [5, 5.41) is 1.07. The van der Waals surface area contributed by atoms with Gasteiger partial charge in [0.25, 0.3) is 5.56 Å². The summed E-state index contributed by atoms with van der Waals surface area (Å²) in [6.45, 7) is 6.59. The number of benzene rings is 1. The Hall–Kier alpha value is -1.88. The molecule has 0 aliphatic heterocycles. The van der Waals surface area contributed by atoms with Crippen LogP contribution in [-0.2, 0) is 11.8 Å². The van der Waals surface area contributed by atoms with Gasteiger partial charge in [0.15, 0.2) is 0 Å². The summed E-state index contributed by atoms with van der Waals surface area (Å²) >= 11 is 6.05. The van der Waals surface area contributed by atoms with Gasteiger partial charge in [0.05, 0.1) is 16.9 Å². The van der Waals surface area contributed by atoms with Gasteiger partial charge in [-0.3, -0.25) is 14.2 Å². The van der Waals surface area contributed by atoms with Gasteiger partial charge in [0, 0.05) is 25.0 Å². The van der Waals surface area contributed by atoms with Crippen molar-refractivity contribution in [3.63, 3.8) is 0 Å². The number of nitrogens with zero attached hydrogens (tertiary/aromatic N) is 3. The summed E-state index contributed by atoms with van der Waals surface area (Å²) in [6, 6.07) is 4.80. The maximum atomic E-state index is 12.7. The van der Waals surface area contributed by atoms with E-state index in [0.717, 1.165) is 19.3 Å². The minimum Gasteiger partial charge on any atom is -0.333 e. The topological polar surface area (TPSA) is 55.2 Å². The summed E-state index contributed by atoms with van der Waals surface area (Å²) in [4.78, 5) is 31.6. The molecule has 1 atom stereocenters. The first-order chi connectivity index (χ1) is 11.9. The summed E-state index contributed by atoms with van der Waals surface area (Å²) in [7, 11) is 1.70. The molecule has 1 amide bonds. The number of carbonyl (C=O) groups excluding carboxylic acids is 1. The SMILES string of the molecule is CCCCCN(C(=O)CC)C(C)c1nc2cc(Cl)ccc2c(=O)n1C. The summed E-state index contributed by atoms with van der Waals surface area (Å²) in [6.07, 6.45) is 3.54. The molecule has 0 aliphatic carbocycles. The van der Waals surface area contributed by atoms with Gasteiger partial charge in [-0.2, -0.15) is 0 Å². The van der Waals surface area contributed by atoms with Crippen LogP contribution in [0.4, 0.5) is 0 Å². The molecule has 0 spiro atoms. The van der Waals surface area contributed by atoms with Crippen LogP contribution in [-0.4, -0.2) is 26.9 Å². The molecule has 1 heterocycles. The van der Waals surface area contributed by atoms with Gasteiger partial charge in [0.1, 0.15) is 5.82 Å². The van der Waals surface area contributed by atoms with Crippen LogP contribution in [0.1, 0.15) is 58.3 Å². The van der Waals surface area contributed by atoms with Crippen LogP contribution in [0.15, 0.2) is 23.0 Å². The average molecular weight is 364 g/mol. The number of hydrogen-bond acceptors (Lipinski definition) is 3. The van der Waals surface area contributed by atoms with Gasteiger partial charge in [-0.1, -0.05) is 38.3 Å². The van der Waals surface area contributed by atoms with E-state index < -0.39 is 0 Å². The first kappa shape index (κ1) is 19.4. The molecule has 0 saturated heterocycles. The maximum Gasteiger partial charge on any atom is 0.261 e. The van der Waals surface area contributed by atoms with Crippen molar-refractivity contribution in [2.45, 2.75) is 52.5 Å². The third-order valence-electron chi connectivity index (χ3n) is 4.54. The van der Waals surface area contributed by atoms with Crippen molar-refractivity contribution < 1.29 is 4.79 Å². The lowest BCUT2D eigenvalue weighted by molar-refractivity contribution is -0.133. The number of fused-ring (bicyclic) bond motifs is 1. The zero-order chi connectivity index (χ0) is 18.6. The van der Waals surface area contributed by atoms with Crippen molar-refractivity contribution in [1.29, 1.82) is 0 Å². The second-order valence-electron chi connectivity index (χ2n) is 6.32. The summed E-state index contributed by atoms with van der Waals surface area (Å²) in [5.74, 6) is 0.655. The molecule has 5 nitrogen and oxygen atoms in total. The van der Waals surface area contributed by atoms with E-state index >= 15 is 0 Å². The van der Waals surface area contributed by atoms with Gasteiger partial charge >= 0.3 is 0 Å². The number of aromatic nitrogens is 2. The summed E-state index contributed by atoms with van der Waals surface area (Å²) in [5.41, 5.74) is 0.441. The van der Waals surface area contributed by atoms with Crippen molar-refractivity contribution in [3.8, 4) is 0 Å². The standard InChI is InChI=1S/C19H26ClN3O2/c1-5-7-8-11-23(17(24)6-2)13(3)18-21-16-12-14(20)9-10-15(16)19(25)22(18)4/h9-10,12-13H,5-8,11H2,1-4H3. The predicted molar refractivity (Wildman–Crippen MR) is 102 cm³/mol. The van der Waals surface area contributed by atoms with Crippen LogP contribution >= 0.6 is 11.6 Å². The Kier molecular flexibility index (Phi) is 6.59. The number of halogens is 1. The lowest BCUT2D eigenvalue weighted by Crippen LogP contribution is -2.37. The molecule has 0 saturated carbocycles. The van der Waals surface area contributed by atoms with Crippen molar-refractivity contribution in [2.24, 2.45) is 7.05 Å². The van der Waals surface area contributed by atoms with E-state index in [1.807, 2.05) is 18.7 Å². The second kappa shape index (κ2) is 8.48. The highest BCUT2D eigenvalue weighted by Crippen LogP contribution is 2.22. The molecule has 1 aromatic heterocycles. The van der Waals surface area contributed by atoms with E-state index in [9.17, 15) is 9.59 Å². The van der Waals surface area contributed by atoms with Gasteiger partial charge in [-0.15, -0.1) is 0 Å². The van der Waals surface area contributed by atoms with Gasteiger partial charge < -0.3 is 4.90 Å². The third-order valence-corrected chi connectivity index (χ3v) is 4.78. The quantitative estimate of drug-likeness (QED) is 0.696. The van der Waals surface area contributed by atoms with E-state index in [1.165, 1.54) is 4.57 Å². The fraction of sp³-hybridized carbons (Fsp3) is 0.526. The molecule has 2 rings (SSSR count). The molecule has 6 heteroatoms. The van der Waals surface area contributed by atoms with Gasteiger partial charge in [-0.25, -0.2) is 4.98 Å². The fourth-order valence-corrected chi connectivity index (χ4v) is 3.21. The Balaban J connectivity index is 2.47. The predicted octanol–water partition coefficient (Wildman–Crippen LogP) is 4.08. The Morgan fingerprint density at radius 2 is 2.04 bits per heavy atom. The Bertz CT molecular complexity index is 816. The van der Waals surface area contributed by atoms with Gasteiger partial charge in [-0.05, 0) is 31.5 Å². The summed E-state index contributed by atoms with van der Waals surface area (Å²) < 4.78 is 1.54. The highest BCUT2D eigenvalue weighted by molar-refractivity contribution is 6.31. The van der Waals surface area contributed by atoms with Crippen molar-refractivity contribution in [1.82, 2.24) is 14.5 Å². The number of carbonyl (C=O) groups is 1. The highest BCUT2D eigenvalue weighted by Gasteiger charge is 2.24. The number of rotatable bonds is 7. The Morgan fingerprint density at radius 3 is 2.68 bits per heavy atom. The molecule has 0 fully saturated rings. The Labute approximate surface area is 153 Å². The first-order valence-corrected chi connectivity index (χ1v) is 9.24. The molecule has 1 unspecified atom stereocenters. The molecule has 0 N–H and O–H groups in total. The number of amides is 1. The molecule has 1 aromatic carbocycles. The minimum atomic E-state index is -0.273. The van der Waals surface area contributed by atoms with E-state index in [1.54, 1.807) is 25.2 Å². The minimum absolute atomic E-state index is 0.0732. The van der Waals surface area contributed by atoms with E-state index in [0.29, 0.717) is 34.7 Å². The monoisotopic (exact) mass is 363 g/mol. The van der Waals surface area contributed by atoms with E-state index in [-0.39, 0.29) is 17.5 Å². The second-order valence-corrected chi connectivity index (χ2v) is 6.76. The molecular formula is C19H26ClN3O2. The molecule has 2 aromatic rings. The zero-order valence-corrected chi connectivity index (χ0v) is 16.1. The molecule has 136 valence electrons. The van der Waals surface area contributed by atoms with Crippen molar-refractivity contribution in [3.05, 3.63) is 39.4 Å². The first-order valence-electron chi connectivity index (χ1n) is 8.86. The van der Waals surface area contributed by atoms with E-state index in [4.69, 9.17) is 11.6 Å². The number of hydrogen-bond donors (Lipinski definition) is 0. The van der Waals surface area contributed by atoms with Crippen LogP contribution in [0, 0.1) is 0 Å². The van der Waals surface area contributed by atoms with Crippen LogP contribution in [0.5, 0.6) is 0 Å². The van der Waals surface area contributed by atoms with Crippen LogP contribution in [0.2, 0.25) is 5.02 Å². The highest BCUT2D eigenvalue weighted by atomic mass is 35.5. The normalized spacial score (nSPS) is 12.4. The lowest BCUT2D eigenvalue weighted by Gasteiger charge is -2.30. The zero-order valence-electron chi connectivity index (χ0n) is 15.4. The largest absolute Gasteiger partial charge is 0.333 e. The smallest absolute Gasteiger partial charge is 0.261 e. The average Bonchev–Trinajstić information content (AvgIpc) is 2.60. The van der Waals surface area contributed by atoms with E-state index in [2.05, 4.69) is 11.9 Å². The van der Waals surface area contributed by atoms with Crippen molar-refractivity contribution >= 4 is 28.4 Å². The third kappa shape index (κ3) is 4.21. The molecule has 0 radical (unpaired) electrons. The number of unbranched alkanes of at least 4 members (excludes halogenated alkanes) is 2. The molecular weight excluding hydrogens is 338 g/mol. The maximum absolute atomic E-state index is 12.7. The molecule has 25 heavy (non-hydrogen) atoms.